The lowest BCUT2D eigenvalue weighted by Gasteiger charge is -2.20. The number of carbonyl (C=O) groups is 1. The molecule has 0 bridgehead atoms. The first-order valence-corrected chi connectivity index (χ1v) is 12.7. The molecule has 0 unspecified atom stereocenters. The van der Waals surface area contributed by atoms with Gasteiger partial charge >= 0.3 is 0 Å². The molecule has 150 valence electrons. The van der Waals surface area contributed by atoms with Crippen molar-refractivity contribution >= 4 is 27.7 Å². The smallest absolute Gasteiger partial charge is 0.251 e. The molecule has 0 radical (unpaired) electrons. The van der Waals surface area contributed by atoms with Crippen molar-refractivity contribution in [3.63, 3.8) is 0 Å². The molecule has 1 aromatic rings. The molecule has 1 saturated heterocycles. The lowest BCUT2D eigenvalue weighted by Crippen LogP contribution is -2.29. The van der Waals surface area contributed by atoms with Gasteiger partial charge in [-0.15, -0.1) is 0 Å². The predicted octanol–water partition coefficient (Wildman–Crippen LogP) is 3.41. The van der Waals surface area contributed by atoms with Crippen LogP contribution in [0.1, 0.15) is 60.9 Å². The highest BCUT2D eigenvalue weighted by molar-refractivity contribution is 7.99. The van der Waals surface area contributed by atoms with Crippen molar-refractivity contribution in [1.82, 2.24) is 9.62 Å². The van der Waals surface area contributed by atoms with Crippen LogP contribution in [0.5, 0.6) is 0 Å². The average Bonchev–Trinajstić information content (AvgIpc) is 3.22. The highest BCUT2D eigenvalue weighted by Gasteiger charge is 2.25. The van der Waals surface area contributed by atoms with E-state index in [1.54, 1.807) is 28.6 Å². The fourth-order valence-electron chi connectivity index (χ4n) is 3.74. The Labute approximate surface area is 167 Å². The van der Waals surface area contributed by atoms with Gasteiger partial charge in [-0.3, -0.25) is 4.79 Å². The minimum Gasteiger partial charge on any atom is -0.351 e. The third-order valence-electron chi connectivity index (χ3n) is 5.32. The molecule has 0 atom stereocenters. The van der Waals surface area contributed by atoms with Crippen molar-refractivity contribution in [3.8, 4) is 0 Å². The summed E-state index contributed by atoms with van der Waals surface area (Å²) in [6.07, 6.45) is 8.53. The normalized spacial score (nSPS) is 19.3. The maximum Gasteiger partial charge on any atom is 0.251 e. The molecule has 1 N–H and O–H groups in total. The number of hydrogen-bond donors (Lipinski definition) is 1. The summed E-state index contributed by atoms with van der Waals surface area (Å²) in [6, 6.07) is 6.94. The Bertz CT molecular complexity index is 707. The predicted molar refractivity (Wildman–Crippen MR) is 112 cm³/mol. The van der Waals surface area contributed by atoms with Gasteiger partial charge < -0.3 is 5.32 Å². The van der Waals surface area contributed by atoms with Gasteiger partial charge in [-0.2, -0.15) is 11.8 Å². The molecule has 0 aromatic heterocycles. The number of nitrogens with one attached hydrogen (secondary N) is 1. The van der Waals surface area contributed by atoms with Crippen molar-refractivity contribution in [3.05, 3.63) is 35.4 Å². The largest absolute Gasteiger partial charge is 0.351 e. The van der Waals surface area contributed by atoms with E-state index in [1.807, 2.05) is 11.8 Å². The van der Waals surface area contributed by atoms with Gasteiger partial charge in [0, 0.05) is 36.2 Å². The average molecular weight is 411 g/mol. The van der Waals surface area contributed by atoms with Gasteiger partial charge in [-0.05, 0) is 43.4 Å². The summed E-state index contributed by atoms with van der Waals surface area (Å²) in [4.78, 5) is 12.3. The van der Waals surface area contributed by atoms with Gasteiger partial charge in [0.1, 0.15) is 0 Å². The maximum absolute atomic E-state index is 12.4. The zero-order valence-corrected chi connectivity index (χ0v) is 17.5. The Morgan fingerprint density at radius 1 is 1.04 bits per heavy atom. The van der Waals surface area contributed by atoms with E-state index in [4.69, 9.17) is 0 Å². The second-order valence-electron chi connectivity index (χ2n) is 7.45. The van der Waals surface area contributed by atoms with E-state index in [0.717, 1.165) is 29.4 Å². The molecular weight excluding hydrogens is 380 g/mol. The van der Waals surface area contributed by atoms with Gasteiger partial charge in [-0.1, -0.05) is 31.4 Å². The number of rotatable bonds is 8. The lowest BCUT2D eigenvalue weighted by molar-refractivity contribution is 0.0956. The van der Waals surface area contributed by atoms with Crippen molar-refractivity contribution < 1.29 is 13.2 Å². The van der Waals surface area contributed by atoms with E-state index in [-0.39, 0.29) is 11.7 Å². The zero-order chi connectivity index (χ0) is 19.1. The van der Waals surface area contributed by atoms with Crippen LogP contribution in [0, 0.1) is 0 Å². The SMILES string of the molecule is O=C(NCCSC1CCCCC1)c1ccc(CS(=O)(=O)N2CCCC2)cc1. The fraction of sp³-hybridized carbons (Fsp3) is 0.650. The van der Waals surface area contributed by atoms with Gasteiger partial charge in [-0.25, -0.2) is 12.7 Å². The monoisotopic (exact) mass is 410 g/mol. The standard InChI is InChI=1S/C20H30N2O3S2/c23-20(21-12-15-26-19-6-2-1-3-7-19)18-10-8-17(9-11-18)16-27(24,25)22-13-4-5-14-22/h8-11,19H,1-7,12-16H2,(H,21,23). The first-order valence-electron chi connectivity index (χ1n) is 10.0. The molecule has 1 saturated carbocycles. The first kappa shape index (κ1) is 20.7. The summed E-state index contributed by atoms with van der Waals surface area (Å²) >= 11 is 1.97. The van der Waals surface area contributed by atoms with Gasteiger partial charge in [0.05, 0.1) is 5.75 Å². The third kappa shape index (κ3) is 6.22. The Morgan fingerprint density at radius 2 is 1.70 bits per heavy atom. The van der Waals surface area contributed by atoms with Gasteiger partial charge in [0.2, 0.25) is 10.0 Å². The molecule has 7 heteroatoms. The molecule has 2 aliphatic rings. The molecule has 0 spiro atoms. The Morgan fingerprint density at radius 3 is 2.37 bits per heavy atom. The second kappa shape index (κ2) is 9.94. The number of carbonyl (C=O) groups excluding carboxylic acids is 1. The molecule has 5 nitrogen and oxygen atoms in total. The zero-order valence-electron chi connectivity index (χ0n) is 15.9. The van der Waals surface area contributed by atoms with E-state index in [9.17, 15) is 13.2 Å². The van der Waals surface area contributed by atoms with Crippen molar-refractivity contribution in [1.29, 1.82) is 0 Å². The highest BCUT2D eigenvalue weighted by atomic mass is 32.2. The number of thioether (sulfide) groups is 1. The van der Waals surface area contributed by atoms with Crippen LogP contribution in [-0.2, 0) is 15.8 Å². The summed E-state index contributed by atoms with van der Waals surface area (Å²) in [5.41, 5.74) is 1.31. The van der Waals surface area contributed by atoms with Crippen LogP contribution in [0.4, 0.5) is 0 Å². The maximum atomic E-state index is 12.4. The molecule has 1 aliphatic heterocycles. The summed E-state index contributed by atoms with van der Waals surface area (Å²) in [6.45, 7) is 1.93. The first-order chi connectivity index (χ1) is 13.0. The van der Waals surface area contributed by atoms with Crippen LogP contribution in [0.2, 0.25) is 0 Å². The van der Waals surface area contributed by atoms with Gasteiger partial charge in [0.25, 0.3) is 5.91 Å². The minimum atomic E-state index is -3.24. The van der Waals surface area contributed by atoms with Crippen molar-refractivity contribution in [2.45, 2.75) is 55.9 Å². The summed E-state index contributed by atoms with van der Waals surface area (Å²) < 4.78 is 26.3. The van der Waals surface area contributed by atoms with Crippen LogP contribution < -0.4 is 5.32 Å². The summed E-state index contributed by atoms with van der Waals surface area (Å²) in [5.74, 6) is 0.864. The van der Waals surface area contributed by atoms with Crippen LogP contribution in [-0.4, -0.2) is 49.3 Å². The molecule has 3 rings (SSSR count). The molecule has 2 fully saturated rings. The number of nitrogens with zero attached hydrogens (tertiary/aromatic N) is 1. The van der Waals surface area contributed by atoms with E-state index < -0.39 is 10.0 Å². The second-order valence-corrected chi connectivity index (χ2v) is 10.8. The number of benzene rings is 1. The van der Waals surface area contributed by atoms with Crippen molar-refractivity contribution in [2.75, 3.05) is 25.4 Å². The molecule has 27 heavy (non-hydrogen) atoms. The number of amides is 1. The Hall–Kier alpha value is -1.05. The highest BCUT2D eigenvalue weighted by Crippen LogP contribution is 2.27. The Balaban J connectivity index is 1.42. The van der Waals surface area contributed by atoms with Gasteiger partial charge in [0.15, 0.2) is 0 Å². The van der Waals surface area contributed by atoms with Crippen molar-refractivity contribution in [2.24, 2.45) is 0 Å². The molecule has 1 aliphatic carbocycles. The van der Waals surface area contributed by atoms with E-state index in [0.29, 0.717) is 25.2 Å². The summed E-state index contributed by atoms with van der Waals surface area (Å²) in [7, 11) is -3.24. The van der Waals surface area contributed by atoms with Crippen LogP contribution in [0.3, 0.4) is 0 Å². The topological polar surface area (TPSA) is 66.5 Å². The minimum absolute atomic E-state index is 0.00687. The summed E-state index contributed by atoms with van der Waals surface area (Å²) in [5, 5.41) is 3.72. The van der Waals surface area contributed by atoms with E-state index >= 15 is 0 Å². The lowest BCUT2D eigenvalue weighted by atomic mass is 10.0. The quantitative estimate of drug-likeness (QED) is 0.667. The molecule has 1 aromatic carbocycles. The number of hydrogen-bond acceptors (Lipinski definition) is 4. The number of sulfonamides is 1. The van der Waals surface area contributed by atoms with Crippen LogP contribution in [0.25, 0.3) is 0 Å². The van der Waals surface area contributed by atoms with Crippen LogP contribution in [0.15, 0.2) is 24.3 Å². The fourth-order valence-corrected chi connectivity index (χ4v) is 6.58. The molecule has 1 heterocycles. The molecule has 1 amide bonds. The van der Waals surface area contributed by atoms with E-state index in [1.165, 1.54) is 32.1 Å². The third-order valence-corrected chi connectivity index (χ3v) is 8.55. The molecular formula is C20H30N2O3S2. The Kier molecular flexibility index (Phi) is 7.61. The van der Waals surface area contributed by atoms with Crippen LogP contribution >= 0.6 is 11.8 Å². The van der Waals surface area contributed by atoms with E-state index in [2.05, 4.69) is 5.32 Å².